The van der Waals surface area contributed by atoms with E-state index < -0.39 is 10.0 Å². The van der Waals surface area contributed by atoms with Crippen LogP contribution in [-0.4, -0.2) is 55.8 Å². The molecular formula is C25H31N3O3S. The molecule has 0 aromatic heterocycles. The summed E-state index contributed by atoms with van der Waals surface area (Å²) in [7, 11) is -3.44. The summed E-state index contributed by atoms with van der Waals surface area (Å²) < 4.78 is 27.5. The molecule has 2 fully saturated rings. The summed E-state index contributed by atoms with van der Waals surface area (Å²) in [6.07, 6.45) is 5.80. The molecule has 0 bridgehead atoms. The topological polar surface area (TPSA) is 60.9 Å². The van der Waals surface area contributed by atoms with Gasteiger partial charge in [0.15, 0.2) is 0 Å². The molecule has 0 radical (unpaired) electrons. The highest BCUT2D eigenvalue weighted by Gasteiger charge is 2.33. The lowest BCUT2D eigenvalue weighted by molar-refractivity contribution is -0.120. The third kappa shape index (κ3) is 4.47. The molecule has 0 unspecified atom stereocenters. The maximum Gasteiger partial charge on any atom is 0.243 e. The van der Waals surface area contributed by atoms with Gasteiger partial charge in [-0.3, -0.25) is 9.69 Å². The Morgan fingerprint density at radius 3 is 2.44 bits per heavy atom. The smallest absolute Gasteiger partial charge is 0.243 e. The van der Waals surface area contributed by atoms with Crippen molar-refractivity contribution < 1.29 is 13.2 Å². The number of amides is 1. The molecule has 2 aromatic carbocycles. The van der Waals surface area contributed by atoms with E-state index in [1.54, 1.807) is 16.4 Å². The molecule has 1 saturated carbocycles. The van der Waals surface area contributed by atoms with Crippen LogP contribution in [0.15, 0.2) is 53.4 Å². The maximum atomic E-state index is 13.3. The Balaban J connectivity index is 1.33. The monoisotopic (exact) mass is 453 g/mol. The minimum atomic E-state index is -3.44. The van der Waals surface area contributed by atoms with Gasteiger partial charge in [-0.2, -0.15) is 4.31 Å². The van der Waals surface area contributed by atoms with E-state index >= 15 is 0 Å². The van der Waals surface area contributed by atoms with Gasteiger partial charge >= 0.3 is 0 Å². The summed E-state index contributed by atoms with van der Waals surface area (Å²) in [6.45, 7) is 3.07. The summed E-state index contributed by atoms with van der Waals surface area (Å²) in [5.41, 5.74) is 3.06. The van der Waals surface area contributed by atoms with Crippen molar-refractivity contribution in [2.24, 2.45) is 0 Å². The van der Waals surface area contributed by atoms with Crippen molar-refractivity contribution in [3.05, 3.63) is 59.7 Å². The molecular weight excluding hydrogens is 422 g/mol. The van der Waals surface area contributed by atoms with Gasteiger partial charge in [0.25, 0.3) is 0 Å². The van der Waals surface area contributed by atoms with E-state index in [9.17, 15) is 13.2 Å². The largest absolute Gasteiger partial charge is 0.311 e. The lowest BCUT2D eigenvalue weighted by Gasteiger charge is -2.32. The molecule has 2 heterocycles. The summed E-state index contributed by atoms with van der Waals surface area (Å²) in [6, 6.07) is 16.1. The van der Waals surface area contributed by atoms with Gasteiger partial charge in [-0.15, -0.1) is 0 Å². The average Bonchev–Trinajstić information content (AvgIpc) is 3.51. The Morgan fingerprint density at radius 1 is 0.969 bits per heavy atom. The summed E-state index contributed by atoms with van der Waals surface area (Å²) >= 11 is 0. The second kappa shape index (κ2) is 8.96. The average molecular weight is 454 g/mol. The van der Waals surface area contributed by atoms with Crippen LogP contribution in [0.25, 0.3) is 0 Å². The van der Waals surface area contributed by atoms with E-state index in [0.717, 1.165) is 56.3 Å². The summed E-state index contributed by atoms with van der Waals surface area (Å²) in [5.74, 6) is 0.101. The number of carbonyl (C=O) groups excluding carboxylic acids is 1. The van der Waals surface area contributed by atoms with Crippen molar-refractivity contribution in [2.75, 3.05) is 31.1 Å². The maximum absolute atomic E-state index is 13.3. The fourth-order valence-electron chi connectivity index (χ4n) is 4.90. The van der Waals surface area contributed by atoms with E-state index in [1.807, 2.05) is 29.2 Å². The van der Waals surface area contributed by atoms with Gasteiger partial charge in [-0.25, -0.2) is 8.42 Å². The molecule has 6 nitrogen and oxygen atoms in total. The zero-order valence-electron chi connectivity index (χ0n) is 18.4. The van der Waals surface area contributed by atoms with Crippen LogP contribution < -0.4 is 4.90 Å². The molecule has 170 valence electrons. The number of aryl methyl sites for hydroxylation is 1. The van der Waals surface area contributed by atoms with Gasteiger partial charge in [0.2, 0.25) is 15.9 Å². The van der Waals surface area contributed by atoms with Crippen LogP contribution in [0.1, 0.15) is 43.2 Å². The van der Waals surface area contributed by atoms with Gasteiger partial charge in [0.05, 0.1) is 11.4 Å². The van der Waals surface area contributed by atoms with E-state index in [4.69, 9.17) is 0 Å². The van der Waals surface area contributed by atoms with Gasteiger partial charge in [0, 0.05) is 37.9 Å². The second-order valence-electron chi connectivity index (χ2n) is 9.17. The molecule has 3 aliphatic rings. The lowest BCUT2D eigenvalue weighted by Crippen LogP contribution is -2.43. The molecule has 7 heteroatoms. The number of rotatable bonds is 7. The van der Waals surface area contributed by atoms with E-state index in [1.165, 1.54) is 5.56 Å². The fourth-order valence-corrected chi connectivity index (χ4v) is 6.47. The number of carbonyl (C=O) groups is 1. The van der Waals surface area contributed by atoms with Gasteiger partial charge in [0.1, 0.15) is 0 Å². The number of hydrogen-bond donors (Lipinski definition) is 0. The standard InChI is InChI=1S/C25H31N3O3S/c29-25(19-26(22-10-11-22)18-20-7-2-1-3-8-20)28-16-6-9-21-17-23(12-13-24(21)28)32(30,31)27-14-4-5-15-27/h1-3,7-8,12-13,17,22H,4-6,9-11,14-16,18-19H2. The number of fused-ring (bicyclic) bond motifs is 1. The first-order chi connectivity index (χ1) is 15.5. The van der Waals surface area contributed by atoms with Crippen LogP contribution >= 0.6 is 0 Å². The van der Waals surface area contributed by atoms with Crippen molar-refractivity contribution in [3.8, 4) is 0 Å². The van der Waals surface area contributed by atoms with Crippen LogP contribution in [0, 0.1) is 0 Å². The molecule has 1 saturated heterocycles. The molecule has 0 atom stereocenters. The van der Waals surface area contributed by atoms with E-state index in [0.29, 0.717) is 37.1 Å². The van der Waals surface area contributed by atoms with Crippen LogP contribution in [0.2, 0.25) is 0 Å². The molecule has 5 rings (SSSR count). The molecule has 1 amide bonds. The highest BCUT2D eigenvalue weighted by atomic mass is 32.2. The highest BCUT2D eigenvalue weighted by Crippen LogP contribution is 2.33. The molecule has 0 N–H and O–H groups in total. The normalized spacial score (nSPS) is 19.3. The Labute approximate surface area is 190 Å². The quantitative estimate of drug-likeness (QED) is 0.645. The van der Waals surface area contributed by atoms with Crippen molar-refractivity contribution in [1.82, 2.24) is 9.21 Å². The lowest BCUT2D eigenvalue weighted by atomic mass is 10.0. The molecule has 32 heavy (non-hydrogen) atoms. The van der Waals surface area contributed by atoms with Crippen molar-refractivity contribution >= 4 is 21.6 Å². The Morgan fingerprint density at radius 2 is 1.72 bits per heavy atom. The van der Waals surface area contributed by atoms with Crippen LogP contribution in [-0.2, 0) is 27.8 Å². The van der Waals surface area contributed by atoms with E-state index in [-0.39, 0.29) is 5.91 Å². The third-order valence-corrected chi connectivity index (χ3v) is 8.70. The number of sulfonamides is 1. The first-order valence-electron chi connectivity index (χ1n) is 11.7. The predicted molar refractivity (Wildman–Crippen MR) is 125 cm³/mol. The fraction of sp³-hybridized carbons (Fsp3) is 0.480. The predicted octanol–water partition coefficient (Wildman–Crippen LogP) is 3.41. The third-order valence-electron chi connectivity index (χ3n) is 6.80. The Hall–Kier alpha value is -2.22. The molecule has 1 aliphatic carbocycles. The zero-order valence-corrected chi connectivity index (χ0v) is 19.3. The second-order valence-corrected chi connectivity index (χ2v) is 11.1. The Bertz CT molecular complexity index is 1080. The molecule has 2 aromatic rings. The van der Waals surface area contributed by atoms with Gasteiger partial charge < -0.3 is 4.90 Å². The number of hydrogen-bond acceptors (Lipinski definition) is 4. The van der Waals surface area contributed by atoms with Crippen LogP contribution in [0.3, 0.4) is 0 Å². The van der Waals surface area contributed by atoms with Crippen LogP contribution in [0.4, 0.5) is 5.69 Å². The van der Waals surface area contributed by atoms with Gasteiger partial charge in [-0.05, 0) is 67.9 Å². The highest BCUT2D eigenvalue weighted by molar-refractivity contribution is 7.89. The van der Waals surface area contributed by atoms with Crippen molar-refractivity contribution in [2.45, 2.75) is 56.0 Å². The number of benzene rings is 2. The minimum absolute atomic E-state index is 0.101. The first kappa shape index (κ1) is 21.6. The van der Waals surface area contributed by atoms with Crippen molar-refractivity contribution in [1.29, 1.82) is 0 Å². The number of anilines is 1. The SMILES string of the molecule is O=C(CN(Cc1ccccc1)C1CC1)N1CCCc2cc(S(=O)(=O)N3CCCC3)ccc21. The van der Waals surface area contributed by atoms with E-state index in [2.05, 4.69) is 17.0 Å². The first-order valence-corrected chi connectivity index (χ1v) is 13.2. The summed E-state index contributed by atoms with van der Waals surface area (Å²) in [5, 5.41) is 0. The minimum Gasteiger partial charge on any atom is -0.311 e. The molecule has 2 aliphatic heterocycles. The Kier molecular flexibility index (Phi) is 6.05. The summed E-state index contributed by atoms with van der Waals surface area (Å²) in [4.78, 5) is 17.9. The van der Waals surface area contributed by atoms with Crippen LogP contribution in [0.5, 0.6) is 0 Å². The molecule has 0 spiro atoms. The zero-order chi connectivity index (χ0) is 22.1. The number of nitrogens with zero attached hydrogens (tertiary/aromatic N) is 3. The van der Waals surface area contributed by atoms with Gasteiger partial charge in [-0.1, -0.05) is 30.3 Å². The van der Waals surface area contributed by atoms with Crippen molar-refractivity contribution in [3.63, 3.8) is 0 Å².